The van der Waals surface area contributed by atoms with E-state index in [4.69, 9.17) is 10.5 Å². The number of aromatic nitrogens is 2. The fraction of sp³-hybridized carbons (Fsp3) is 0.462. The van der Waals surface area contributed by atoms with Crippen LogP contribution in [-0.2, 0) is 11.3 Å². The van der Waals surface area contributed by atoms with E-state index in [9.17, 15) is 0 Å². The lowest BCUT2D eigenvalue weighted by Gasteiger charge is -2.06. The molecule has 17 heavy (non-hydrogen) atoms. The quantitative estimate of drug-likeness (QED) is 0.799. The van der Waals surface area contributed by atoms with Crippen LogP contribution >= 0.6 is 0 Å². The number of ether oxygens (including phenoxy) is 1. The Morgan fingerprint density at radius 3 is 2.76 bits per heavy atom. The molecule has 4 heteroatoms. The van der Waals surface area contributed by atoms with E-state index in [2.05, 4.69) is 35.5 Å². The molecule has 92 valence electrons. The molecule has 0 spiro atoms. The molecule has 2 aromatic rings. The van der Waals surface area contributed by atoms with Gasteiger partial charge < -0.3 is 15.0 Å². The normalized spacial score (nSPS) is 11.2. The third kappa shape index (κ3) is 2.65. The molecule has 2 rings (SSSR count). The van der Waals surface area contributed by atoms with E-state index >= 15 is 0 Å². The SMILES string of the molecule is Cc1cc2ncn(CCOCCN)c2cc1C. The third-order valence-corrected chi connectivity index (χ3v) is 2.98. The van der Waals surface area contributed by atoms with E-state index in [1.54, 1.807) is 0 Å². The topological polar surface area (TPSA) is 53.1 Å². The van der Waals surface area contributed by atoms with Crippen LogP contribution in [0.5, 0.6) is 0 Å². The highest BCUT2D eigenvalue weighted by molar-refractivity contribution is 5.77. The zero-order chi connectivity index (χ0) is 12.3. The van der Waals surface area contributed by atoms with Gasteiger partial charge in [-0.1, -0.05) is 0 Å². The van der Waals surface area contributed by atoms with Crippen LogP contribution in [0.1, 0.15) is 11.1 Å². The second-order valence-electron chi connectivity index (χ2n) is 4.26. The molecule has 0 radical (unpaired) electrons. The van der Waals surface area contributed by atoms with Gasteiger partial charge in [-0.25, -0.2) is 4.98 Å². The molecule has 1 aromatic heterocycles. The van der Waals surface area contributed by atoms with Crippen LogP contribution in [0.25, 0.3) is 11.0 Å². The zero-order valence-electron chi connectivity index (χ0n) is 10.4. The molecule has 1 heterocycles. The van der Waals surface area contributed by atoms with Crippen LogP contribution in [0.3, 0.4) is 0 Å². The molecule has 0 atom stereocenters. The van der Waals surface area contributed by atoms with Crippen molar-refractivity contribution >= 4 is 11.0 Å². The van der Waals surface area contributed by atoms with Crippen molar-refractivity contribution in [1.29, 1.82) is 0 Å². The van der Waals surface area contributed by atoms with Gasteiger partial charge in [0.1, 0.15) is 0 Å². The first-order valence-corrected chi connectivity index (χ1v) is 5.92. The fourth-order valence-electron chi connectivity index (χ4n) is 1.84. The molecule has 0 saturated carbocycles. The molecule has 0 bridgehead atoms. The second kappa shape index (κ2) is 5.29. The van der Waals surface area contributed by atoms with E-state index in [0.717, 1.165) is 12.1 Å². The summed E-state index contributed by atoms with van der Waals surface area (Å²) in [7, 11) is 0. The Labute approximate surface area is 101 Å². The monoisotopic (exact) mass is 233 g/mol. The lowest BCUT2D eigenvalue weighted by atomic mass is 10.1. The van der Waals surface area contributed by atoms with Crippen LogP contribution in [0, 0.1) is 13.8 Å². The molecule has 0 aliphatic carbocycles. The van der Waals surface area contributed by atoms with Crippen molar-refractivity contribution in [3.8, 4) is 0 Å². The Bertz CT molecular complexity index is 505. The van der Waals surface area contributed by atoms with Crippen LogP contribution in [0.4, 0.5) is 0 Å². The summed E-state index contributed by atoms with van der Waals surface area (Å²) >= 11 is 0. The number of benzene rings is 1. The summed E-state index contributed by atoms with van der Waals surface area (Å²) in [6, 6.07) is 4.31. The Kier molecular flexibility index (Phi) is 3.76. The van der Waals surface area contributed by atoms with Gasteiger partial charge in [0, 0.05) is 13.1 Å². The van der Waals surface area contributed by atoms with Crippen molar-refractivity contribution in [1.82, 2.24) is 9.55 Å². The Hall–Kier alpha value is -1.39. The number of rotatable bonds is 5. The molecule has 0 amide bonds. The molecular weight excluding hydrogens is 214 g/mol. The van der Waals surface area contributed by atoms with E-state index in [1.807, 2.05) is 6.33 Å². The van der Waals surface area contributed by atoms with Gasteiger partial charge in [-0.3, -0.25) is 0 Å². The average Bonchev–Trinajstić information content (AvgIpc) is 2.68. The summed E-state index contributed by atoms with van der Waals surface area (Å²) in [6.07, 6.45) is 1.87. The smallest absolute Gasteiger partial charge is 0.0959 e. The van der Waals surface area contributed by atoms with Crippen LogP contribution in [0.2, 0.25) is 0 Å². The van der Waals surface area contributed by atoms with Gasteiger partial charge in [-0.15, -0.1) is 0 Å². The summed E-state index contributed by atoms with van der Waals surface area (Å²) in [4.78, 5) is 4.40. The standard InChI is InChI=1S/C13H19N3O/c1-10-7-12-13(8-11(10)2)16(9-15-12)4-6-17-5-3-14/h7-9H,3-6,14H2,1-2H3. The molecule has 0 saturated heterocycles. The predicted octanol–water partition coefficient (Wildman–Crippen LogP) is 1.63. The maximum Gasteiger partial charge on any atom is 0.0959 e. The first-order chi connectivity index (χ1) is 8.22. The Morgan fingerprint density at radius 1 is 1.24 bits per heavy atom. The minimum absolute atomic E-state index is 0.572. The number of fused-ring (bicyclic) bond motifs is 1. The van der Waals surface area contributed by atoms with Crippen molar-refractivity contribution in [2.45, 2.75) is 20.4 Å². The van der Waals surface area contributed by atoms with E-state index < -0.39 is 0 Å². The highest BCUT2D eigenvalue weighted by Crippen LogP contribution is 2.18. The summed E-state index contributed by atoms with van der Waals surface area (Å²) in [5, 5.41) is 0. The van der Waals surface area contributed by atoms with Crippen LogP contribution in [-0.4, -0.2) is 29.3 Å². The highest BCUT2D eigenvalue weighted by atomic mass is 16.5. The van der Waals surface area contributed by atoms with Gasteiger partial charge in [-0.05, 0) is 37.1 Å². The van der Waals surface area contributed by atoms with Gasteiger partial charge >= 0.3 is 0 Å². The zero-order valence-corrected chi connectivity index (χ0v) is 10.4. The Morgan fingerprint density at radius 2 is 2.00 bits per heavy atom. The minimum Gasteiger partial charge on any atom is -0.378 e. The van der Waals surface area contributed by atoms with Gasteiger partial charge in [0.25, 0.3) is 0 Å². The molecular formula is C13H19N3O. The van der Waals surface area contributed by atoms with E-state index in [0.29, 0.717) is 19.8 Å². The largest absolute Gasteiger partial charge is 0.378 e. The second-order valence-corrected chi connectivity index (χ2v) is 4.26. The summed E-state index contributed by atoms with van der Waals surface area (Å²) < 4.78 is 7.51. The Balaban J connectivity index is 2.15. The number of aryl methyl sites for hydroxylation is 2. The summed E-state index contributed by atoms with van der Waals surface area (Å²) in [5.41, 5.74) is 10.2. The maximum atomic E-state index is 5.39. The minimum atomic E-state index is 0.572. The molecule has 0 aliphatic heterocycles. The fourth-order valence-corrected chi connectivity index (χ4v) is 1.84. The maximum absolute atomic E-state index is 5.39. The van der Waals surface area contributed by atoms with Gasteiger partial charge in [0.2, 0.25) is 0 Å². The van der Waals surface area contributed by atoms with E-state index in [-0.39, 0.29) is 0 Å². The number of nitrogens with zero attached hydrogens (tertiary/aromatic N) is 2. The van der Waals surface area contributed by atoms with Gasteiger partial charge in [0.05, 0.1) is 30.6 Å². The molecule has 4 nitrogen and oxygen atoms in total. The molecule has 0 unspecified atom stereocenters. The number of nitrogens with two attached hydrogens (primary N) is 1. The first kappa shape index (κ1) is 12.1. The van der Waals surface area contributed by atoms with Crippen LogP contribution < -0.4 is 5.73 Å². The van der Waals surface area contributed by atoms with E-state index in [1.165, 1.54) is 16.6 Å². The third-order valence-electron chi connectivity index (χ3n) is 2.98. The average molecular weight is 233 g/mol. The van der Waals surface area contributed by atoms with Crippen molar-refractivity contribution in [3.63, 3.8) is 0 Å². The number of hydrogen-bond acceptors (Lipinski definition) is 3. The van der Waals surface area contributed by atoms with Crippen molar-refractivity contribution < 1.29 is 4.74 Å². The van der Waals surface area contributed by atoms with Gasteiger partial charge in [-0.2, -0.15) is 0 Å². The number of imidazole rings is 1. The first-order valence-electron chi connectivity index (χ1n) is 5.92. The number of hydrogen-bond donors (Lipinski definition) is 1. The van der Waals surface area contributed by atoms with Crippen molar-refractivity contribution in [3.05, 3.63) is 29.6 Å². The summed E-state index contributed by atoms with van der Waals surface area (Å²) in [5.74, 6) is 0. The molecule has 0 fully saturated rings. The van der Waals surface area contributed by atoms with Crippen molar-refractivity contribution in [2.75, 3.05) is 19.8 Å². The van der Waals surface area contributed by atoms with Crippen molar-refractivity contribution in [2.24, 2.45) is 5.73 Å². The predicted molar refractivity (Wildman–Crippen MR) is 69.1 cm³/mol. The molecule has 1 aromatic carbocycles. The summed E-state index contributed by atoms with van der Waals surface area (Å²) in [6.45, 7) is 6.91. The van der Waals surface area contributed by atoms with Crippen LogP contribution in [0.15, 0.2) is 18.5 Å². The highest BCUT2D eigenvalue weighted by Gasteiger charge is 2.04. The molecule has 0 aliphatic rings. The molecule has 2 N–H and O–H groups in total. The van der Waals surface area contributed by atoms with Gasteiger partial charge in [0.15, 0.2) is 0 Å². The lowest BCUT2D eigenvalue weighted by molar-refractivity contribution is 0.134. The lowest BCUT2D eigenvalue weighted by Crippen LogP contribution is -2.12.